The Morgan fingerprint density at radius 2 is 1.83 bits per heavy atom. The van der Waals surface area contributed by atoms with Gasteiger partial charge in [-0.15, -0.1) is 0 Å². The minimum absolute atomic E-state index is 0.0742. The molecule has 3 nitrogen and oxygen atoms in total. The van der Waals surface area contributed by atoms with Crippen molar-refractivity contribution in [2.75, 3.05) is 0 Å². The predicted octanol–water partition coefficient (Wildman–Crippen LogP) is 4.57. The summed E-state index contributed by atoms with van der Waals surface area (Å²) < 4.78 is 0. The Hall–Kier alpha value is -2.26. The van der Waals surface area contributed by atoms with Gasteiger partial charge < -0.3 is 10.3 Å². The highest BCUT2D eigenvalue weighted by molar-refractivity contribution is 6.38. The molecule has 0 aliphatic heterocycles. The molecule has 1 aromatic heterocycles. The number of carbonyl (C=O) groups is 1. The second kappa shape index (κ2) is 6.88. The molecule has 3 rings (SSSR count). The van der Waals surface area contributed by atoms with Crippen molar-refractivity contribution in [2.24, 2.45) is 0 Å². The molecule has 2 N–H and O–H groups in total. The van der Waals surface area contributed by atoms with Crippen molar-refractivity contribution >= 4 is 28.4 Å². The number of aryl methyl sites for hydroxylation is 1. The lowest BCUT2D eigenvalue weighted by molar-refractivity contribution is 0.0934. The first-order chi connectivity index (χ1) is 11.1. The minimum Gasteiger partial charge on any atom is -0.349 e. The fourth-order valence-electron chi connectivity index (χ4n) is 2.66. The van der Waals surface area contributed by atoms with Crippen molar-refractivity contribution < 1.29 is 4.79 Å². The molecule has 118 valence electrons. The highest BCUT2D eigenvalue weighted by Crippen LogP contribution is 2.27. The van der Waals surface area contributed by atoms with E-state index in [2.05, 4.69) is 22.4 Å². The van der Waals surface area contributed by atoms with Crippen LogP contribution >= 0.6 is 11.6 Å². The first-order valence-corrected chi connectivity index (χ1v) is 8.14. The maximum absolute atomic E-state index is 12.4. The lowest BCUT2D eigenvalue weighted by Gasteiger charge is -2.13. The molecule has 0 saturated carbocycles. The van der Waals surface area contributed by atoms with Crippen molar-refractivity contribution in [1.82, 2.24) is 10.3 Å². The number of amides is 1. The SMILES string of the molecule is C[C@@H](CCc1ccccc1)NC(=O)c1[nH]c2ccccc2c1Cl. The summed E-state index contributed by atoms with van der Waals surface area (Å²) in [4.78, 5) is 15.5. The van der Waals surface area contributed by atoms with E-state index in [0.717, 1.165) is 23.7 Å². The number of H-pyrrole nitrogens is 1. The summed E-state index contributed by atoms with van der Waals surface area (Å²) in [7, 11) is 0. The summed E-state index contributed by atoms with van der Waals surface area (Å²) in [6.45, 7) is 2.01. The van der Waals surface area contributed by atoms with E-state index in [1.54, 1.807) is 0 Å². The molecule has 0 spiro atoms. The standard InChI is InChI=1S/C19H19ClN2O/c1-13(11-12-14-7-3-2-4-8-14)21-19(23)18-17(20)15-9-5-6-10-16(15)22-18/h2-10,13,22H,11-12H2,1H3,(H,21,23)/t13-/m0/s1. The number of carbonyl (C=O) groups excluding carboxylic acids is 1. The molecule has 23 heavy (non-hydrogen) atoms. The maximum atomic E-state index is 12.4. The highest BCUT2D eigenvalue weighted by Gasteiger charge is 2.17. The molecule has 3 aromatic rings. The van der Waals surface area contributed by atoms with E-state index < -0.39 is 0 Å². The largest absolute Gasteiger partial charge is 0.349 e. The number of fused-ring (bicyclic) bond motifs is 1. The summed E-state index contributed by atoms with van der Waals surface area (Å²) in [5.41, 5.74) is 2.58. The van der Waals surface area contributed by atoms with E-state index in [9.17, 15) is 4.79 Å². The van der Waals surface area contributed by atoms with Crippen LogP contribution in [0.1, 0.15) is 29.4 Å². The van der Waals surface area contributed by atoms with Gasteiger partial charge in [0.25, 0.3) is 5.91 Å². The fourth-order valence-corrected chi connectivity index (χ4v) is 2.96. The van der Waals surface area contributed by atoms with Crippen LogP contribution in [0.3, 0.4) is 0 Å². The average Bonchev–Trinajstić information content (AvgIpc) is 2.91. The lowest BCUT2D eigenvalue weighted by Crippen LogP contribution is -2.33. The first kappa shape index (κ1) is 15.6. The molecule has 4 heteroatoms. The van der Waals surface area contributed by atoms with Crippen LogP contribution in [0.2, 0.25) is 5.02 Å². The van der Waals surface area contributed by atoms with E-state index in [1.165, 1.54) is 5.56 Å². The van der Waals surface area contributed by atoms with Gasteiger partial charge in [0.05, 0.1) is 5.02 Å². The van der Waals surface area contributed by atoms with Gasteiger partial charge in [0.1, 0.15) is 5.69 Å². The number of aromatic amines is 1. The van der Waals surface area contributed by atoms with Crippen LogP contribution in [-0.4, -0.2) is 16.9 Å². The van der Waals surface area contributed by atoms with Gasteiger partial charge in [-0.3, -0.25) is 4.79 Å². The molecule has 0 unspecified atom stereocenters. The number of hydrogen-bond donors (Lipinski definition) is 2. The van der Waals surface area contributed by atoms with Crippen LogP contribution in [0.15, 0.2) is 54.6 Å². The number of aromatic nitrogens is 1. The summed E-state index contributed by atoms with van der Waals surface area (Å²) in [6, 6.07) is 18.0. The van der Waals surface area contributed by atoms with Gasteiger partial charge in [0.15, 0.2) is 0 Å². The molecule has 0 aliphatic rings. The number of rotatable bonds is 5. The number of para-hydroxylation sites is 1. The van der Waals surface area contributed by atoms with Crippen molar-refractivity contribution in [3.05, 3.63) is 70.9 Å². The van der Waals surface area contributed by atoms with Crippen molar-refractivity contribution in [2.45, 2.75) is 25.8 Å². The third-order valence-corrected chi connectivity index (χ3v) is 4.35. The first-order valence-electron chi connectivity index (χ1n) is 7.76. The molecule has 1 atom stereocenters. The Bertz CT molecular complexity index is 811. The zero-order valence-corrected chi connectivity index (χ0v) is 13.7. The lowest BCUT2D eigenvalue weighted by atomic mass is 10.1. The van der Waals surface area contributed by atoms with Crippen LogP contribution in [-0.2, 0) is 6.42 Å². The normalized spacial score (nSPS) is 12.3. The molecule has 1 amide bonds. The third kappa shape index (κ3) is 3.57. The van der Waals surface area contributed by atoms with Gasteiger partial charge in [0, 0.05) is 16.9 Å². The average molecular weight is 327 g/mol. The zero-order chi connectivity index (χ0) is 16.2. The predicted molar refractivity (Wildman–Crippen MR) is 95.0 cm³/mol. The van der Waals surface area contributed by atoms with Crippen molar-refractivity contribution in [1.29, 1.82) is 0 Å². The third-order valence-electron chi connectivity index (χ3n) is 3.96. The molecule has 1 heterocycles. The minimum atomic E-state index is -0.160. The van der Waals surface area contributed by atoms with Gasteiger partial charge in [-0.05, 0) is 31.4 Å². The molecular weight excluding hydrogens is 308 g/mol. The Morgan fingerprint density at radius 1 is 1.13 bits per heavy atom. The Morgan fingerprint density at radius 3 is 2.57 bits per heavy atom. The number of nitrogens with one attached hydrogen (secondary N) is 2. The van der Waals surface area contributed by atoms with Crippen LogP contribution in [0, 0.1) is 0 Å². The Labute approximate surface area is 140 Å². The number of halogens is 1. The molecule has 0 bridgehead atoms. The topological polar surface area (TPSA) is 44.9 Å². The monoisotopic (exact) mass is 326 g/mol. The number of benzene rings is 2. The van der Waals surface area contributed by atoms with Gasteiger partial charge in [0.2, 0.25) is 0 Å². The van der Waals surface area contributed by atoms with Crippen LogP contribution < -0.4 is 5.32 Å². The Kier molecular flexibility index (Phi) is 4.68. The molecule has 0 saturated heterocycles. The maximum Gasteiger partial charge on any atom is 0.269 e. The van der Waals surface area contributed by atoms with Crippen LogP contribution in [0.4, 0.5) is 0 Å². The summed E-state index contributed by atoms with van der Waals surface area (Å²) in [5, 5.41) is 4.37. The van der Waals surface area contributed by atoms with Crippen molar-refractivity contribution in [3.63, 3.8) is 0 Å². The van der Waals surface area contributed by atoms with Crippen LogP contribution in [0.25, 0.3) is 10.9 Å². The van der Waals surface area contributed by atoms with E-state index in [1.807, 2.05) is 49.4 Å². The zero-order valence-electron chi connectivity index (χ0n) is 13.0. The molecular formula is C19H19ClN2O. The van der Waals surface area contributed by atoms with Gasteiger partial charge >= 0.3 is 0 Å². The Balaban J connectivity index is 1.64. The van der Waals surface area contributed by atoms with Crippen LogP contribution in [0.5, 0.6) is 0 Å². The highest BCUT2D eigenvalue weighted by atomic mass is 35.5. The molecule has 0 aliphatic carbocycles. The summed E-state index contributed by atoms with van der Waals surface area (Å²) in [6.07, 6.45) is 1.82. The quantitative estimate of drug-likeness (QED) is 0.708. The van der Waals surface area contributed by atoms with Gasteiger partial charge in [-0.25, -0.2) is 0 Å². The smallest absolute Gasteiger partial charge is 0.269 e. The van der Waals surface area contributed by atoms with Gasteiger partial charge in [-0.1, -0.05) is 60.1 Å². The van der Waals surface area contributed by atoms with E-state index in [-0.39, 0.29) is 11.9 Å². The molecule has 0 fully saturated rings. The molecule has 2 aromatic carbocycles. The second-order valence-electron chi connectivity index (χ2n) is 5.76. The van der Waals surface area contributed by atoms with Gasteiger partial charge in [-0.2, -0.15) is 0 Å². The second-order valence-corrected chi connectivity index (χ2v) is 6.14. The van der Waals surface area contributed by atoms with E-state index >= 15 is 0 Å². The number of hydrogen-bond acceptors (Lipinski definition) is 1. The summed E-state index contributed by atoms with van der Waals surface area (Å²) >= 11 is 6.32. The molecule has 0 radical (unpaired) electrons. The van der Waals surface area contributed by atoms with E-state index in [4.69, 9.17) is 11.6 Å². The van der Waals surface area contributed by atoms with E-state index in [0.29, 0.717) is 10.7 Å². The summed E-state index contributed by atoms with van der Waals surface area (Å²) in [5.74, 6) is -0.160. The van der Waals surface area contributed by atoms with Crippen molar-refractivity contribution in [3.8, 4) is 0 Å². The fraction of sp³-hybridized carbons (Fsp3) is 0.211.